The Hall–Kier alpha value is -3.36. The van der Waals surface area contributed by atoms with Crippen molar-refractivity contribution in [2.24, 2.45) is 11.7 Å². The number of aromatic nitrogens is 2. The summed E-state index contributed by atoms with van der Waals surface area (Å²) >= 11 is 0. The number of nitrogens with zero attached hydrogens (tertiary/aromatic N) is 3. The number of aliphatic carboxylic acids is 1. The molecule has 9 nitrogen and oxygen atoms in total. The molecule has 1 amide bonds. The lowest BCUT2D eigenvalue weighted by Crippen LogP contribution is -2.37. The van der Waals surface area contributed by atoms with E-state index in [1.807, 2.05) is 17.0 Å². The summed E-state index contributed by atoms with van der Waals surface area (Å²) in [6, 6.07) is 7.24. The molecule has 0 bridgehead atoms. The number of nitrogens with one attached hydrogen (secondary N) is 1. The molecule has 2 heterocycles. The molecule has 1 aliphatic rings. The second kappa shape index (κ2) is 7.90. The molecule has 27 heavy (non-hydrogen) atoms. The van der Waals surface area contributed by atoms with Gasteiger partial charge in [-0.05, 0) is 25.0 Å². The lowest BCUT2D eigenvalue weighted by Gasteiger charge is -2.30. The van der Waals surface area contributed by atoms with Crippen molar-refractivity contribution in [1.29, 1.82) is 0 Å². The molecule has 1 fully saturated rings. The third kappa shape index (κ3) is 4.08. The number of benzene rings is 1. The van der Waals surface area contributed by atoms with Crippen molar-refractivity contribution >= 4 is 29.3 Å². The number of anilines is 3. The van der Waals surface area contributed by atoms with E-state index in [1.54, 1.807) is 19.2 Å². The molecule has 1 aromatic heterocycles. The minimum absolute atomic E-state index is 0.157. The van der Waals surface area contributed by atoms with Gasteiger partial charge in [0.05, 0.1) is 18.7 Å². The highest BCUT2D eigenvalue weighted by Gasteiger charge is 2.26. The second-order valence-corrected chi connectivity index (χ2v) is 6.22. The van der Waals surface area contributed by atoms with E-state index in [1.165, 1.54) is 6.20 Å². The first-order chi connectivity index (χ1) is 13.0. The number of methoxy groups -OCH3 is 1. The van der Waals surface area contributed by atoms with Gasteiger partial charge in [0.15, 0.2) is 0 Å². The zero-order valence-corrected chi connectivity index (χ0v) is 14.9. The van der Waals surface area contributed by atoms with Crippen LogP contribution in [0.1, 0.15) is 23.2 Å². The first-order valence-electron chi connectivity index (χ1n) is 8.54. The monoisotopic (exact) mass is 371 g/mol. The summed E-state index contributed by atoms with van der Waals surface area (Å²) in [5, 5.41) is 12.2. The lowest BCUT2D eigenvalue weighted by molar-refractivity contribution is -0.142. The number of primary amides is 1. The van der Waals surface area contributed by atoms with E-state index in [9.17, 15) is 9.59 Å². The fourth-order valence-corrected chi connectivity index (χ4v) is 3.00. The van der Waals surface area contributed by atoms with Crippen molar-refractivity contribution in [2.75, 3.05) is 30.4 Å². The molecular weight excluding hydrogens is 350 g/mol. The number of nitrogens with two attached hydrogens (primary N) is 1. The molecule has 0 saturated carbocycles. The average Bonchev–Trinajstić information content (AvgIpc) is 2.68. The average molecular weight is 371 g/mol. The molecule has 9 heteroatoms. The molecule has 1 aliphatic heterocycles. The van der Waals surface area contributed by atoms with Crippen molar-refractivity contribution in [3.05, 3.63) is 36.0 Å². The summed E-state index contributed by atoms with van der Waals surface area (Å²) in [5.74, 6) is -0.493. The number of carbonyl (C=O) groups excluding carboxylic acids is 1. The van der Waals surface area contributed by atoms with Gasteiger partial charge in [-0.1, -0.05) is 12.1 Å². The van der Waals surface area contributed by atoms with Crippen LogP contribution in [0.2, 0.25) is 0 Å². The second-order valence-electron chi connectivity index (χ2n) is 6.22. The van der Waals surface area contributed by atoms with Gasteiger partial charge in [0.25, 0.3) is 5.91 Å². The van der Waals surface area contributed by atoms with Crippen molar-refractivity contribution in [3.8, 4) is 5.75 Å². The summed E-state index contributed by atoms with van der Waals surface area (Å²) in [4.78, 5) is 33.5. The Morgan fingerprint density at radius 3 is 2.63 bits per heavy atom. The summed E-state index contributed by atoms with van der Waals surface area (Å²) in [7, 11) is 1.55. The van der Waals surface area contributed by atoms with Gasteiger partial charge >= 0.3 is 5.97 Å². The standard InChI is InChI=1S/C18H21N5O4/c1-27-14-5-3-2-4-13(14)21-16-12(15(19)24)10-20-18(22-16)23-8-6-11(7-9-23)17(25)26/h2-5,10-11H,6-9H2,1H3,(H2,19,24)(H,25,26)(H,20,21,22). The zero-order valence-electron chi connectivity index (χ0n) is 14.9. The fraction of sp³-hybridized carbons (Fsp3) is 0.333. The number of hydrogen-bond donors (Lipinski definition) is 3. The number of carbonyl (C=O) groups is 2. The number of rotatable bonds is 6. The first-order valence-corrected chi connectivity index (χ1v) is 8.54. The van der Waals surface area contributed by atoms with Crippen molar-refractivity contribution in [2.45, 2.75) is 12.8 Å². The Kier molecular flexibility index (Phi) is 5.39. The van der Waals surface area contributed by atoms with Crippen LogP contribution >= 0.6 is 0 Å². The van der Waals surface area contributed by atoms with Gasteiger partial charge in [-0.2, -0.15) is 4.98 Å². The summed E-state index contributed by atoms with van der Waals surface area (Å²) in [6.45, 7) is 1.06. The van der Waals surface area contributed by atoms with Gasteiger partial charge in [-0.15, -0.1) is 0 Å². The molecule has 0 radical (unpaired) electrons. The Bertz CT molecular complexity index is 849. The molecule has 0 aliphatic carbocycles. The van der Waals surface area contributed by atoms with Crippen LogP contribution in [0, 0.1) is 5.92 Å². The third-order valence-corrected chi connectivity index (χ3v) is 4.53. The Morgan fingerprint density at radius 1 is 1.30 bits per heavy atom. The number of amides is 1. The van der Waals surface area contributed by atoms with Crippen LogP contribution in [0.4, 0.5) is 17.5 Å². The number of carboxylic acid groups (broad SMARTS) is 1. The molecule has 1 aromatic carbocycles. The lowest BCUT2D eigenvalue weighted by atomic mass is 9.97. The number of carboxylic acids is 1. The Morgan fingerprint density at radius 2 is 2.00 bits per heavy atom. The van der Waals surface area contributed by atoms with Crippen LogP contribution in [-0.4, -0.2) is 47.2 Å². The molecule has 2 aromatic rings. The normalized spacial score (nSPS) is 14.6. The molecule has 142 valence electrons. The predicted octanol–water partition coefficient (Wildman–Crippen LogP) is 1.63. The van der Waals surface area contributed by atoms with Crippen LogP contribution < -0.4 is 20.7 Å². The van der Waals surface area contributed by atoms with E-state index in [0.717, 1.165) is 0 Å². The maximum absolute atomic E-state index is 11.8. The highest BCUT2D eigenvalue weighted by Crippen LogP contribution is 2.29. The summed E-state index contributed by atoms with van der Waals surface area (Å²) < 4.78 is 5.31. The van der Waals surface area contributed by atoms with E-state index in [2.05, 4.69) is 15.3 Å². The van der Waals surface area contributed by atoms with Gasteiger partial charge < -0.3 is 25.8 Å². The number of ether oxygens (including phenoxy) is 1. The minimum Gasteiger partial charge on any atom is -0.495 e. The zero-order chi connectivity index (χ0) is 19.4. The molecular formula is C18H21N5O4. The van der Waals surface area contributed by atoms with E-state index >= 15 is 0 Å². The largest absolute Gasteiger partial charge is 0.495 e. The summed E-state index contributed by atoms with van der Waals surface area (Å²) in [5.41, 5.74) is 6.24. The van der Waals surface area contributed by atoms with Gasteiger partial charge in [0.1, 0.15) is 17.1 Å². The van der Waals surface area contributed by atoms with Crippen molar-refractivity contribution in [1.82, 2.24) is 9.97 Å². The third-order valence-electron chi connectivity index (χ3n) is 4.53. The number of para-hydroxylation sites is 2. The van der Waals surface area contributed by atoms with E-state index in [0.29, 0.717) is 43.3 Å². The quantitative estimate of drug-likeness (QED) is 0.698. The number of hydrogen-bond acceptors (Lipinski definition) is 7. The van der Waals surface area contributed by atoms with Crippen LogP contribution in [0.5, 0.6) is 5.75 Å². The summed E-state index contributed by atoms with van der Waals surface area (Å²) in [6.07, 6.45) is 2.42. The smallest absolute Gasteiger partial charge is 0.306 e. The van der Waals surface area contributed by atoms with Crippen LogP contribution in [-0.2, 0) is 4.79 Å². The molecule has 3 rings (SSSR count). The van der Waals surface area contributed by atoms with E-state index < -0.39 is 11.9 Å². The van der Waals surface area contributed by atoms with Crippen molar-refractivity contribution in [3.63, 3.8) is 0 Å². The maximum atomic E-state index is 11.8. The van der Waals surface area contributed by atoms with Crippen molar-refractivity contribution < 1.29 is 19.4 Å². The van der Waals surface area contributed by atoms with Crippen LogP contribution in [0.15, 0.2) is 30.5 Å². The minimum atomic E-state index is -0.779. The van der Waals surface area contributed by atoms with Gasteiger partial charge in [0, 0.05) is 19.3 Å². The first kappa shape index (κ1) is 18.4. The van der Waals surface area contributed by atoms with Crippen LogP contribution in [0.3, 0.4) is 0 Å². The highest BCUT2D eigenvalue weighted by molar-refractivity contribution is 5.98. The molecule has 1 saturated heterocycles. The topological polar surface area (TPSA) is 131 Å². The molecule has 0 atom stereocenters. The van der Waals surface area contributed by atoms with Gasteiger partial charge in [-0.25, -0.2) is 4.98 Å². The Balaban J connectivity index is 1.87. The van der Waals surface area contributed by atoms with Crippen LogP contribution in [0.25, 0.3) is 0 Å². The molecule has 0 unspecified atom stereocenters. The molecule has 0 spiro atoms. The molecule has 4 N–H and O–H groups in total. The van der Waals surface area contributed by atoms with E-state index in [-0.39, 0.29) is 17.3 Å². The SMILES string of the molecule is COc1ccccc1Nc1nc(N2CCC(C(=O)O)CC2)ncc1C(N)=O. The van der Waals surface area contributed by atoms with Gasteiger partial charge in [-0.3, -0.25) is 9.59 Å². The van der Waals surface area contributed by atoms with E-state index in [4.69, 9.17) is 15.6 Å². The Labute approximate surface area is 156 Å². The highest BCUT2D eigenvalue weighted by atomic mass is 16.5. The van der Waals surface area contributed by atoms with Gasteiger partial charge in [0.2, 0.25) is 5.95 Å². The maximum Gasteiger partial charge on any atom is 0.306 e. The fourth-order valence-electron chi connectivity index (χ4n) is 3.00. The number of piperidine rings is 1. The predicted molar refractivity (Wildman–Crippen MR) is 99.4 cm³/mol.